The number of unbranched alkanes of at least 4 members (excludes halogenated alkanes) is 3. The van der Waals surface area contributed by atoms with Crippen molar-refractivity contribution in [3.05, 3.63) is 67.2 Å². The van der Waals surface area contributed by atoms with Gasteiger partial charge in [0.05, 0.1) is 37.1 Å². The lowest BCUT2D eigenvalue weighted by Crippen LogP contribution is -2.49. The minimum atomic E-state index is -1.81. The molecule has 3 atom stereocenters. The van der Waals surface area contributed by atoms with Crippen LogP contribution in [0.25, 0.3) is 0 Å². The lowest BCUT2D eigenvalue weighted by Gasteiger charge is -2.21. The summed E-state index contributed by atoms with van der Waals surface area (Å²) in [7, 11) is -5.22. The fraction of sp³-hybridized carbons (Fsp3) is 0.500. The van der Waals surface area contributed by atoms with Crippen LogP contribution in [-0.4, -0.2) is 100 Å². The van der Waals surface area contributed by atoms with E-state index in [2.05, 4.69) is 16.0 Å². The molecule has 3 heterocycles. The fourth-order valence-electron chi connectivity index (χ4n) is 5.81. The van der Waals surface area contributed by atoms with Crippen LogP contribution in [0.3, 0.4) is 0 Å². The second-order valence-corrected chi connectivity index (χ2v) is 16.7. The third kappa shape index (κ3) is 20.1. The summed E-state index contributed by atoms with van der Waals surface area (Å²) in [6, 6.07) is 10.8. The van der Waals surface area contributed by atoms with E-state index in [0.717, 1.165) is 14.6 Å². The molecule has 3 amide bonds. The topological polar surface area (TPSA) is 258 Å². The first-order chi connectivity index (χ1) is 27.8. The Kier molecular flexibility index (Phi) is 22.4. The summed E-state index contributed by atoms with van der Waals surface area (Å²) in [4.78, 5) is 76.5. The van der Waals surface area contributed by atoms with Crippen molar-refractivity contribution in [2.24, 2.45) is 0 Å². The number of carbonyl (C=O) groups excluding carboxylic acids is 5. The number of rotatable bonds is 29. The molecule has 3 rings (SSSR count). The molecule has 0 aliphatic heterocycles. The van der Waals surface area contributed by atoms with E-state index in [-0.39, 0.29) is 83.0 Å². The van der Waals surface area contributed by atoms with Gasteiger partial charge in [-0.1, -0.05) is 37.5 Å². The number of hydrogen-bond acceptors (Lipinski definition) is 15. The SMILES string of the molecule is O=C(O)CCCCC(NC(=O)Cc1cccs1)B(O)OC(=O)CCCCC(NC(=O)Cc1cccs1)B(O)OC(=O)CCCCC(NC(=O)Cc1cccs1)B(O)O. The first-order valence-electron chi connectivity index (χ1n) is 19.1. The summed E-state index contributed by atoms with van der Waals surface area (Å²) < 4.78 is 10.5. The largest absolute Gasteiger partial charge is 0.548 e. The number of aliphatic carboxylic acids is 1. The third-order valence-electron chi connectivity index (χ3n) is 8.78. The second kappa shape index (κ2) is 26.9. The van der Waals surface area contributed by atoms with E-state index in [0.29, 0.717) is 19.3 Å². The Morgan fingerprint density at radius 2 is 0.879 bits per heavy atom. The summed E-state index contributed by atoms with van der Waals surface area (Å²) in [5.41, 5.74) is 0. The molecule has 3 aromatic rings. The van der Waals surface area contributed by atoms with Gasteiger partial charge in [0.2, 0.25) is 17.7 Å². The van der Waals surface area contributed by atoms with Crippen molar-refractivity contribution in [3.8, 4) is 0 Å². The van der Waals surface area contributed by atoms with Crippen molar-refractivity contribution < 1.29 is 63.3 Å². The van der Waals surface area contributed by atoms with Crippen molar-refractivity contribution in [1.29, 1.82) is 0 Å². The van der Waals surface area contributed by atoms with Gasteiger partial charge in [0.1, 0.15) is 0 Å². The van der Waals surface area contributed by atoms with Gasteiger partial charge in [-0.2, -0.15) is 0 Å². The maximum atomic E-state index is 12.8. The Balaban J connectivity index is 1.47. The minimum absolute atomic E-state index is 0.0299. The van der Waals surface area contributed by atoms with Crippen LogP contribution in [0.15, 0.2) is 52.5 Å². The zero-order valence-electron chi connectivity index (χ0n) is 32.0. The van der Waals surface area contributed by atoms with Crippen LogP contribution < -0.4 is 16.0 Å². The van der Waals surface area contributed by atoms with Gasteiger partial charge in [-0.25, -0.2) is 0 Å². The average Bonchev–Trinajstić information content (AvgIpc) is 3.98. The van der Waals surface area contributed by atoms with Crippen LogP contribution in [0.1, 0.15) is 91.7 Å². The van der Waals surface area contributed by atoms with Gasteiger partial charge >= 0.3 is 27.3 Å². The summed E-state index contributed by atoms with van der Waals surface area (Å²) >= 11 is 4.17. The molecular weight excluding hydrogens is 811 g/mol. The van der Waals surface area contributed by atoms with Crippen LogP contribution in [0.5, 0.6) is 0 Å². The molecule has 0 fully saturated rings. The molecule has 22 heteroatoms. The standard InChI is InChI=1S/C36H50B3N3O13S3/c43-31(22-25-10-7-19-56-25)40-28(37(50)51)13-2-5-17-35(48)54-39(53)30(42-33(45)24-27-12-9-21-58-27)15-3-6-18-36(49)55-38(52)29(14-1-4-16-34(46)47)41-32(44)23-26-11-8-20-57-26/h7-12,19-21,28-30,50-53H,1-6,13-18,22-24H2,(H,40,43)(H,41,44)(H,42,45)(H,46,47). The maximum Gasteiger partial charge on any atom is 0.548 e. The molecule has 0 aromatic carbocycles. The molecule has 58 heavy (non-hydrogen) atoms. The van der Waals surface area contributed by atoms with Gasteiger partial charge in [-0.3, -0.25) is 28.8 Å². The number of thiophene rings is 3. The Bertz CT molecular complexity index is 1690. The van der Waals surface area contributed by atoms with Gasteiger partial charge in [-0.05, 0) is 72.9 Å². The molecule has 0 radical (unpaired) electrons. The Morgan fingerprint density at radius 3 is 1.21 bits per heavy atom. The molecule has 3 aromatic heterocycles. The zero-order valence-corrected chi connectivity index (χ0v) is 34.4. The molecule has 0 aliphatic carbocycles. The van der Waals surface area contributed by atoms with Crippen molar-refractivity contribution >= 4 is 91.0 Å². The van der Waals surface area contributed by atoms with Crippen molar-refractivity contribution in [1.82, 2.24) is 16.0 Å². The van der Waals surface area contributed by atoms with Crippen molar-refractivity contribution in [2.45, 2.75) is 114 Å². The number of carboxylic acids is 1. The number of carboxylic acid groups (broad SMARTS) is 1. The highest BCUT2D eigenvalue weighted by Crippen LogP contribution is 2.15. The summed E-state index contributed by atoms with van der Waals surface area (Å²) in [6.07, 6.45) is 1.95. The fourth-order valence-corrected chi connectivity index (χ4v) is 7.93. The van der Waals surface area contributed by atoms with E-state index in [1.165, 1.54) is 34.0 Å². The highest BCUT2D eigenvalue weighted by Gasteiger charge is 2.34. The highest BCUT2D eigenvalue weighted by molar-refractivity contribution is 7.10. The molecule has 0 spiro atoms. The lowest BCUT2D eigenvalue weighted by molar-refractivity contribution is -0.137. The van der Waals surface area contributed by atoms with Gasteiger partial charge in [0.15, 0.2) is 0 Å². The van der Waals surface area contributed by atoms with Gasteiger partial charge in [0.25, 0.3) is 11.9 Å². The number of amides is 3. The first kappa shape index (κ1) is 48.3. The van der Waals surface area contributed by atoms with Crippen LogP contribution in [0.4, 0.5) is 0 Å². The quantitative estimate of drug-likeness (QED) is 0.0369. The second-order valence-electron chi connectivity index (χ2n) is 13.6. The normalized spacial score (nSPS) is 12.4. The predicted molar refractivity (Wildman–Crippen MR) is 221 cm³/mol. The Hall–Kier alpha value is -4.05. The highest BCUT2D eigenvalue weighted by atomic mass is 32.1. The summed E-state index contributed by atoms with van der Waals surface area (Å²) in [5, 5.41) is 63.5. The van der Waals surface area contributed by atoms with Crippen molar-refractivity contribution in [3.63, 3.8) is 0 Å². The maximum absolute atomic E-state index is 12.8. The molecule has 0 saturated heterocycles. The summed E-state index contributed by atoms with van der Waals surface area (Å²) in [5.74, 6) is -6.63. The molecule has 3 unspecified atom stereocenters. The van der Waals surface area contributed by atoms with E-state index in [1.807, 2.05) is 22.2 Å². The smallest absolute Gasteiger partial charge is 0.508 e. The van der Waals surface area contributed by atoms with Crippen LogP contribution >= 0.6 is 34.0 Å². The Labute approximate surface area is 350 Å². The number of nitrogens with one attached hydrogen (secondary N) is 3. The minimum Gasteiger partial charge on any atom is -0.508 e. The number of hydrogen-bond donors (Lipinski definition) is 8. The predicted octanol–water partition coefficient (Wildman–Crippen LogP) is 2.26. The lowest BCUT2D eigenvalue weighted by atomic mass is 9.75. The van der Waals surface area contributed by atoms with E-state index < -0.39 is 68.9 Å². The molecule has 8 N–H and O–H groups in total. The summed E-state index contributed by atoms with van der Waals surface area (Å²) in [6.45, 7) is 0. The molecule has 0 aliphatic rings. The van der Waals surface area contributed by atoms with E-state index in [4.69, 9.17) is 14.4 Å². The molecule has 16 nitrogen and oxygen atoms in total. The molecule has 0 bridgehead atoms. The molecule has 314 valence electrons. The van der Waals surface area contributed by atoms with Crippen LogP contribution in [0, 0.1) is 0 Å². The van der Waals surface area contributed by atoms with E-state index in [1.54, 1.807) is 30.3 Å². The van der Waals surface area contributed by atoms with Crippen LogP contribution in [-0.2, 0) is 57.3 Å². The molecule has 0 saturated carbocycles. The zero-order chi connectivity index (χ0) is 42.3. The third-order valence-corrected chi connectivity index (χ3v) is 11.4. The first-order valence-corrected chi connectivity index (χ1v) is 21.7. The average molecular weight is 861 g/mol. The monoisotopic (exact) mass is 861 g/mol. The van der Waals surface area contributed by atoms with Gasteiger partial charge < -0.3 is 50.5 Å². The van der Waals surface area contributed by atoms with E-state index >= 15 is 0 Å². The number of carbonyl (C=O) groups is 6. The van der Waals surface area contributed by atoms with E-state index in [9.17, 15) is 48.9 Å². The Morgan fingerprint density at radius 1 is 0.534 bits per heavy atom. The van der Waals surface area contributed by atoms with Crippen LogP contribution in [0.2, 0.25) is 0 Å². The van der Waals surface area contributed by atoms with Gasteiger partial charge in [-0.15, -0.1) is 34.0 Å². The molecular formula is C36H50B3N3O13S3. The van der Waals surface area contributed by atoms with Crippen molar-refractivity contribution in [2.75, 3.05) is 0 Å². The van der Waals surface area contributed by atoms with Gasteiger partial charge in [0, 0.05) is 33.9 Å².